The Morgan fingerprint density at radius 2 is 1.35 bits per heavy atom. The zero-order chi connectivity index (χ0) is 56.7. The zero-order valence-corrected chi connectivity index (χ0v) is 39.4. The molecular weight excluding hydrogens is 969 g/mol. The molecule has 10 rings (SSSR count). The third-order valence-corrected chi connectivity index (χ3v) is 11.3. The molecule has 0 aliphatic rings. The van der Waals surface area contributed by atoms with Crippen LogP contribution in [0.5, 0.6) is 0 Å². The summed E-state index contributed by atoms with van der Waals surface area (Å²) >= 11 is 0. The van der Waals surface area contributed by atoms with Gasteiger partial charge in [0.05, 0.1) is 5.58 Å². The minimum atomic E-state index is -2.76. The Morgan fingerprint density at radius 3 is 2.09 bits per heavy atom. The smallest absolute Gasteiger partial charge is 0.129 e. The van der Waals surface area contributed by atoms with Crippen molar-refractivity contribution in [2.75, 3.05) is 0 Å². The molecule has 0 atom stereocenters. The first-order valence-electron chi connectivity index (χ1n) is 28.2. The van der Waals surface area contributed by atoms with Crippen LogP contribution in [0.3, 0.4) is 0 Å². The zero-order valence-electron chi connectivity index (χ0n) is 51.0. The first kappa shape index (κ1) is 30.9. The van der Waals surface area contributed by atoms with Gasteiger partial charge in [-0.1, -0.05) is 162 Å². The fraction of sp³-hybridized carbons (Fsp3) is 0.213. The molecule has 0 aliphatic carbocycles. The van der Waals surface area contributed by atoms with Gasteiger partial charge in [-0.25, -0.2) is 0 Å². The molecule has 0 aliphatic heterocycles. The average Bonchev–Trinajstić information content (AvgIpc) is 3.82. The summed E-state index contributed by atoms with van der Waals surface area (Å²) in [5.74, 6) is 0. The fourth-order valence-corrected chi connectivity index (χ4v) is 8.13. The SMILES string of the molecule is [2H]C([2H])([2H])c1c[c-]c(-c2ccc(C(C)(C)C)cn2)cc1.[2H]C([2H])([2H])c1cc(C([2H])([2H])C(C)(C)C)ccc1-c1ccc(-c2cc(-c3[c-]ccc4c3oc3c4ccc4ccc5ccccc5c43)ncc2C([2H])([2H])[2H])c(C([2H])([2H])[2H])c1.[Ir]. The van der Waals surface area contributed by atoms with Crippen molar-refractivity contribution in [3.05, 3.63) is 191 Å². The molecule has 10 aromatic rings. The Bertz CT molecular complexity index is 3840. The molecule has 65 heavy (non-hydrogen) atoms. The predicted molar refractivity (Wildman–Crippen MR) is 271 cm³/mol. The van der Waals surface area contributed by atoms with Gasteiger partial charge in [0.15, 0.2) is 0 Å². The molecule has 0 saturated carbocycles. The molecule has 0 spiro atoms. The molecular formula is C61H56IrN2O-2. The van der Waals surface area contributed by atoms with Crippen LogP contribution in [0.15, 0.2) is 150 Å². The van der Waals surface area contributed by atoms with Crippen LogP contribution in [0, 0.1) is 45.0 Å². The number of nitrogens with zero attached hydrogens (tertiary/aromatic N) is 2. The number of benzene rings is 7. The normalized spacial score (nSPS) is 16.0. The van der Waals surface area contributed by atoms with E-state index in [2.05, 4.69) is 67.1 Å². The molecule has 3 aromatic heterocycles. The molecule has 327 valence electrons. The Balaban J connectivity index is 0.000000330. The number of hydrogen-bond donors (Lipinski definition) is 0. The Labute approximate surface area is 418 Å². The Hall–Kier alpha value is -6.19. The number of rotatable bonds is 5. The summed E-state index contributed by atoms with van der Waals surface area (Å²) in [5, 5.41) is 5.74. The van der Waals surface area contributed by atoms with E-state index in [9.17, 15) is 0 Å². The second-order valence-electron chi connectivity index (χ2n) is 18.2. The van der Waals surface area contributed by atoms with Crippen LogP contribution in [0.1, 0.15) is 94.1 Å². The first-order valence-corrected chi connectivity index (χ1v) is 21.2. The van der Waals surface area contributed by atoms with E-state index in [0.29, 0.717) is 28.0 Å². The summed E-state index contributed by atoms with van der Waals surface area (Å²) in [6.07, 6.45) is 1.22. The number of fused-ring (bicyclic) bond motifs is 7. The van der Waals surface area contributed by atoms with Crippen molar-refractivity contribution in [3.63, 3.8) is 0 Å². The summed E-state index contributed by atoms with van der Waals surface area (Å²) in [7, 11) is 0. The van der Waals surface area contributed by atoms with Gasteiger partial charge in [0.1, 0.15) is 5.58 Å². The molecule has 3 nitrogen and oxygen atoms in total. The molecule has 4 heteroatoms. The number of pyridine rings is 2. The van der Waals surface area contributed by atoms with Crippen molar-refractivity contribution >= 4 is 43.5 Å². The molecule has 0 N–H and O–H groups in total. The van der Waals surface area contributed by atoms with E-state index in [1.807, 2.05) is 48.7 Å². The number of hydrogen-bond acceptors (Lipinski definition) is 3. The van der Waals surface area contributed by atoms with E-state index in [4.69, 9.17) is 23.6 Å². The quantitative estimate of drug-likeness (QED) is 0.127. The van der Waals surface area contributed by atoms with Crippen LogP contribution in [-0.4, -0.2) is 9.97 Å². The second-order valence-corrected chi connectivity index (χ2v) is 18.2. The largest absolute Gasteiger partial charge is 0.500 e. The first-order chi connectivity index (χ1) is 36.2. The van der Waals surface area contributed by atoms with Crippen molar-refractivity contribution in [1.82, 2.24) is 9.97 Å². The molecule has 3 heterocycles. The van der Waals surface area contributed by atoms with Gasteiger partial charge in [0.2, 0.25) is 0 Å². The van der Waals surface area contributed by atoms with E-state index in [1.54, 1.807) is 51.1 Å². The van der Waals surface area contributed by atoms with Crippen LogP contribution in [0.4, 0.5) is 0 Å². The molecule has 0 saturated heterocycles. The fourth-order valence-electron chi connectivity index (χ4n) is 8.13. The molecule has 0 bridgehead atoms. The average molecular weight is 1040 g/mol. The maximum Gasteiger partial charge on any atom is 0.129 e. The van der Waals surface area contributed by atoms with E-state index in [1.165, 1.54) is 48.2 Å². The van der Waals surface area contributed by atoms with Crippen molar-refractivity contribution in [1.29, 1.82) is 0 Å². The molecule has 0 amide bonds. The van der Waals surface area contributed by atoms with Crippen molar-refractivity contribution in [2.24, 2.45) is 5.41 Å². The van der Waals surface area contributed by atoms with E-state index in [0.717, 1.165) is 43.6 Å². The van der Waals surface area contributed by atoms with Crippen molar-refractivity contribution in [3.8, 4) is 44.8 Å². The van der Waals surface area contributed by atoms with E-state index >= 15 is 0 Å². The van der Waals surface area contributed by atoms with Gasteiger partial charge in [-0.3, -0.25) is 0 Å². The summed E-state index contributed by atoms with van der Waals surface area (Å²) in [6, 6.07) is 45.4. The number of aromatic nitrogens is 2. The van der Waals surface area contributed by atoms with Crippen LogP contribution < -0.4 is 0 Å². The van der Waals surface area contributed by atoms with Gasteiger partial charge >= 0.3 is 0 Å². The minimum Gasteiger partial charge on any atom is -0.500 e. The number of furan rings is 1. The Morgan fingerprint density at radius 1 is 0.600 bits per heavy atom. The van der Waals surface area contributed by atoms with Gasteiger partial charge < -0.3 is 14.4 Å². The van der Waals surface area contributed by atoms with Crippen LogP contribution >= 0.6 is 0 Å². The van der Waals surface area contributed by atoms with Gasteiger partial charge in [-0.05, 0) is 115 Å². The van der Waals surface area contributed by atoms with E-state index in [-0.39, 0.29) is 70.0 Å². The van der Waals surface area contributed by atoms with Gasteiger partial charge in [-0.15, -0.1) is 53.6 Å². The van der Waals surface area contributed by atoms with Crippen LogP contribution in [-0.2, 0) is 31.9 Å². The number of aryl methyl sites for hydroxylation is 4. The summed E-state index contributed by atoms with van der Waals surface area (Å²) in [5.41, 5.74) is 4.65. The van der Waals surface area contributed by atoms with Crippen molar-refractivity contribution < 1.29 is 43.7 Å². The maximum absolute atomic E-state index is 8.77. The molecule has 1 radical (unpaired) electrons. The van der Waals surface area contributed by atoms with Crippen LogP contribution in [0.25, 0.3) is 88.3 Å². The molecule has 7 aromatic carbocycles. The molecule has 0 fully saturated rings. The topological polar surface area (TPSA) is 38.9 Å². The van der Waals surface area contributed by atoms with Gasteiger partial charge in [-0.2, -0.15) is 0 Å². The maximum atomic E-state index is 8.77. The van der Waals surface area contributed by atoms with Crippen molar-refractivity contribution in [2.45, 2.75) is 80.7 Å². The predicted octanol–water partition coefficient (Wildman–Crippen LogP) is 16.8. The molecule has 0 unspecified atom stereocenters. The third-order valence-electron chi connectivity index (χ3n) is 11.3. The summed E-state index contributed by atoms with van der Waals surface area (Å²) in [6.45, 7) is 1.41. The van der Waals surface area contributed by atoms with Gasteiger partial charge in [0.25, 0.3) is 0 Å². The Kier molecular flexibility index (Phi) is 8.54. The third kappa shape index (κ3) is 9.34. The van der Waals surface area contributed by atoms with Crippen LogP contribution in [0.2, 0.25) is 0 Å². The van der Waals surface area contributed by atoms with E-state index < -0.39 is 39.2 Å². The second kappa shape index (κ2) is 18.0. The minimum absolute atomic E-state index is 0. The van der Waals surface area contributed by atoms with Gasteiger partial charge in [0, 0.05) is 62.5 Å². The summed E-state index contributed by atoms with van der Waals surface area (Å²) < 4.78 is 122. The summed E-state index contributed by atoms with van der Waals surface area (Å²) in [4.78, 5) is 9.03. The standard InChI is InChI=1S/C45H38NO.C16H18N.Ir/c1-27-22-30(25-45(4,5)6)14-19-34(27)33-18-20-35(28(2)23-33)40-24-41(46-26-29(40)3)39-13-9-12-37-38-21-17-32-16-15-31-10-7-8-11-36(31)42(32)44(38)47-43(37)39;1-12-5-7-13(8-6-12)15-10-9-14(11-17-15)16(2,3)4;/h7-12,14-24,26H,25H2,1-6H3;5-7,9-11H,1-4H3;/q2*-1;/i1D3,2D3,3D3,25D2;1D3;. The monoisotopic (exact) mass is 1040 g/mol.